The van der Waals surface area contributed by atoms with Gasteiger partial charge in [0.2, 0.25) is 11.8 Å². The summed E-state index contributed by atoms with van der Waals surface area (Å²) in [5, 5.41) is 8.56. The second-order valence-electron chi connectivity index (χ2n) is 7.89. The zero-order chi connectivity index (χ0) is 20.1. The van der Waals surface area contributed by atoms with E-state index in [9.17, 15) is 14.4 Å². The van der Waals surface area contributed by atoms with E-state index < -0.39 is 6.04 Å². The first kappa shape index (κ1) is 21.4. The SMILES string of the molecule is COCC(=O)NC[C@H]1C(=O)N2C[C@@H](NC(=O)NC(C)C)C[C@H]2CN1C(C)C. The molecule has 4 amide bonds. The molecule has 2 heterocycles. The Morgan fingerprint density at radius 2 is 1.93 bits per heavy atom. The molecule has 9 heteroatoms. The van der Waals surface area contributed by atoms with Crippen LogP contribution in [0.2, 0.25) is 0 Å². The number of nitrogens with zero attached hydrogens (tertiary/aromatic N) is 2. The highest BCUT2D eigenvalue weighted by molar-refractivity contribution is 5.85. The Bertz CT molecular complexity index is 554. The average Bonchev–Trinajstić information content (AvgIpc) is 2.95. The summed E-state index contributed by atoms with van der Waals surface area (Å²) in [6.07, 6.45) is 0.739. The molecule has 0 aromatic rings. The van der Waals surface area contributed by atoms with Gasteiger partial charge in [-0.25, -0.2) is 4.79 Å². The average molecular weight is 383 g/mol. The molecule has 9 nitrogen and oxygen atoms in total. The number of rotatable bonds is 7. The van der Waals surface area contributed by atoms with Crippen molar-refractivity contribution < 1.29 is 19.1 Å². The molecule has 0 spiro atoms. The number of amides is 4. The first-order valence-electron chi connectivity index (χ1n) is 9.61. The first-order chi connectivity index (χ1) is 12.7. The van der Waals surface area contributed by atoms with Gasteiger partial charge in [0.1, 0.15) is 12.6 Å². The molecular formula is C18H33N5O4. The third kappa shape index (κ3) is 5.55. The fraction of sp³-hybridized carbons (Fsp3) is 0.833. The number of nitrogens with one attached hydrogen (secondary N) is 3. The number of hydrogen-bond donors (Lipinski definition) is 3. The van der Waals surface area contributed by atoms with Gasteiger partial charge in [0.25, 0.3) is 0 Å². The van der Waals surface area contributed by atoms with Gasteiger partial charge in [-0.1, -0.05) is 0 Å². The predicted molar refractivity (Wildman–Crippen MR) is 101 cm³/mol. The second kappa shape index (κ2) is 9.36. The number of hydrogen-bond acceptors (Lipinski definition) is 5. The Balaban J connectivity index is 2.01. The van der Waals surface area contributed by atoms with Gasteiger partial charge in [0, 0.05) is 44.9 Å². The fourth-order valence-corrected chi connectivity index (χ4v) is 3.83. The van der Waals surface area contributed by atoms with Gasteiger partial charge in [0.15, 0.2) is 0 Å². The summed E-state index contributed by atoms with van der Waals surface area (Å²) in [6.45, 7) is 9.39. The van der Waals surface area contributed by atoms with Crippen LogP contribution in [-0.4, -0.2) is 91.2 Å². The predicted octanol–water partition coefficient (Wildman–Crippen LogP) is -0.481. The molecule has 2 fully saturated rings. The molecule has 0 radical (unpaired) electrons. The molecule has 2 saturated heterocycles. The topological polar surface area (TPSA) is 103 Å². The van der Waals surface area contributed by atoms with E-state index >= 15 is 0 Å². The molecule has 0 bridgehead atoms. The van der Waals surface area contributed by atoms with Crippen LogP contribution in [0.25, 0.3) is 0 Å². The molecule has 3 N–H and O–H groups in total. The van der Waals surface area contributed by atoms with Crippen LogP contribution in [0.3, 0.4) is 0 Å². The summed E-state index contributed by atoms with van der Waals surface area (Å²) in [7, 11) is 1.46. The lowest BCUT2D eigenvalue weighted by Crippen LogP contribution is -2.64. The summed E-state index contributed by atoms with van der Waals surface area (Å²) in [5.74, 6) is -0.228. The van der Waals surface area contributed by atoms with Crippen molar-refractivity contribution in [3.05, 3.63) is 0 Å². The van der Waals surface area contributed by atoms with E-state index in [2.05, 4.69) is 20.9 Å². The monoisotopic (exact) mass is 383 g/mol. The third-order valence-electron chi connectivity index (χ3n) is 4.99. The molecule has 0 saturated carbocycles. The van der Waals surface area contributed by atoms with Gasteiger partial charge in [-0.05, 0) is 34.1 Å². The van der Waals surface area contributed by atoms with E-state index in [1.807, 2.05) is 32.6 Å². The molecule has 0 aromatic carbocycles. The molecular weight excluding hydrogens is 350 g/mol. The Hall–Kier alpha value is -1.87. The van der Waals surface area contributed by atoms with Gasteiger partial charge < -0.3 is 25.6 Å². The van der Waals surface area contributed by atoms with Gasteiger partial charge in [-0.15, -0.1) is 0 Å². The zero-order valence-corrected chi connectivity index (χ0v) is 16.9. The lowest BCUT2D eigenvalue weighted by molar-refractivity contribution is -0.145. The van der Waals surface area contributed by atoms with Crippen molar-refractivity contribution in [3.63, 3.8) is 0 Å². The second-order valence-corrected chi connectivity index (χ2v) is 7.89. The smallest absolute Gasteiger partial charge is 0.315 e. The molecule has 0 aliphatic carbocycles. The molecule has 27 heavy (non-hydrogen) atoms. The summed E-state index contributed by atoms with van der Waals surface area (Å²) >= 11 is 0. The number of fused-ring (bicyclic) bond motifs is 1. The highest BCUT2D eigenvalue weighted by atomic mass is 16.5. The maximum atomic E-state index is 13.1. The van der Waals surface area contributed by atoms with Gasteiger partial charge in [0.05, 0.1) is 6.04 Å². The summed E-state index contributed by atoms with van der Waals surface area (Å²) in [4.78, 5) is 40.8. The summed E-state index contributed by atoms with van der Waals surface area (Å²) < 4.78 is 4.83. The summed E-state index contributed by atoms with van der Waals surface area (Å²) in [5.41, 5.74) is 0. The van der Waals surface area contributed by atoms with Crippen molar-refractivity contribution in [1.29, 1.82) is 0 Å². The van der Waals surface area contributed by atoms with Gasteiger partial charge >= 0.3 is 6.03 Å². The minimum absolute atomic E-state index is 0.00577. The number of urea groups is 1. The normalized spacial score (nSPS) is 25.7. The van der Waals surface area contributed by atoms with Crippen LogP contribution in [0.5, 0.6) is 0 Å². The Kier molecular flexibility index (Phi) is 7.43. The van der Waals surface area contributed by atoms with Crippen LogP contribution < -0.4 is 16.0 Å². The quantitative estimate of drug-likeness (QED) is 0.551. The van der Waals surface area contributed by atoms with Crippen molar-refractivity contribution in [2.45, 2.75) is 64.3 Å². The minimum atomic E-state index is -0.398. The maximum absolute atomic E-state index is 13.1. The molecule has 2 aliphatic rings. The van der Waals surface area contributed by atoms with Crippen molar-refractivity contribution in [1.82, 2.24) is 25.8 Å². The number of carbonyl (C=O) groups is 3. The lowest BCUT2D eigenvalue weighted by atomic mass is 10.0. The lowest BCUT2D eigenvalue weighted by Gasteiger charge is -2.44. The van der Waals surface area contributed by atoms with Crippen LogP contribution >= 0.6 is 0 Å². The Morgan fingerprint density at radius 1 is 1.22 bits per heavy atom. The van der Waals surface area contributed by atoms with E-state index in [-0.39, 0.29) is 55.2 Å². The number of carbonyl (C=O) groups excluding carboxylic acids is 3. The van der Waals surface area contributed by atoms with Crippen molar-refractivity contribution in [3.8, 4) is 0 Å². The van der Waals surface area contributed by atoms with Crippen LogP contribution in [0.4, 0.5) is 4.79 Å². The third-order valence-corrected chi connectivity index (χ3v) is 4.99. The molecule has 2 rings (SSSR count). The highest BCUT2D eigenvalue weighted by Gasteiger charge is 2.46. The van der Waals surface area contributed by atoms with E-state index in [4.69, 9.17) is 4.74 Å². The zero-order valence-electron chi connectivity index (χ0n) is 16.9. The van der Waals surface area contributed by atoms with E-state index in [0.717, 1.165) is 13.0 Å². The first-order valence-corrected chi connectivity index (χ1v) is 9.61. The Labute approximate surface area is 161 Å². The van der Waals surface area contributed by atoms with Gasteiger partial charge in [-0.3, -0.25) is 14.5 Å². The van der Waals surface area contributed by atoms with Crippen LogP contribution in [0.1, 0.15) is 34.1 Å². The highest BCUT2D eigenvalue weighted by Crippen LogP contribution is 2.27. The van der Waals surface area contributed by atoms with Crippen LogP contribution in [0.15, 0.2) is 0 Å². The molecule has 154 valence electrons. The van der Waals surface area contributed by atoms with E-state index in [0.29, 0.717) is 6.54 Å². The molecule has 2 aliphatic heterocycles. The minimum Gasteiger partial charge on any atom is -0.375 e. The number of ether oxygens (including phenoxy) is 1. The molecule has 3 atom stereocenters. The molecule has 0 unspecified atom stereocenters. The van der Waals surface area contributed by atoms with Crippen LogP contribution in [0, 0.1) is 0 Å². The number of methoxy groups -OCH3 is 1. The van der Waals surface area contributed by atoms with Crippen molar-refractivity contribution in [2.24, 2.45) is 0 Å². The number of piperazine rings is 1. The fourth-order valence-electron chi connectivity index (χ4n) is 3.83. The van der Waals surface area contributed by atoms with E-state index in [1.165, 1.54) is 7.11 Å². The van der Waals surface area contributed by atoms with Crippen molar-refractivity contribution >= 4 is 17.8 Å². The largest absolute Gasteiger partial charge is 0.375 e. The standard InChI is InChI=1S/C18H33N5O4/c1-11(2)20-18(26)21-13-6-14-9-22(12(3)4)15(17(25)23(14)8-13)7-19-16(24)10-27-5/h11-15H,6-10H2,1-5H3,(H,19,24)(H2,20,21,26)/t13-,14-,15-/m0/s1. The molecule has 0 aromatic heterocycles. The van der Waals surface area contributed by atoms with Crippen molar-refractivity contribution in [2.75, 3.05) is 33.4 Å². The maximum Gasteiger partial charge on any atom is 0.315 e. The summed E-state index contributed by atoms with van der Waals surface area (Å²) in [6, 6.07) is -0.343. The van der Waals surface area contributed by atoms with Crippen LogP contribution in [-0.2, 0) is 14.3 Å². The Morgan fingerprint density at radius 3 is 2.52 bits per heavy atom. The van der Waals surface area contributed by atoms with E-state index in [1.54, 1.807) is 0 Å². The van der Waals surface area contributed by atoms with Gasteiger partial charge in [-0.2, -0.15) is 0 Å².